The normalized spacial score (nSPS) is 21.6. The summed E-state index contributed by atoms with van der Waals surface area (Å²) in [6, 6.07) is 14.0. The molecule has 0 bridgehead atoms. The van der Waals surface area contributed by atoms with Crippen molar-refractivity contribution in [3.63, 3.8) is 0 Å². The van der Waals surface area contributed by atoms with Gasteiger partial charge in [0.2, 0.25) is 0 Å². The number of benzene rings is 2. The molecule has 2 aliphatic rings. The Morgan fingerprint density at radius 3 is 2.42 bits per heavy atom. The number of aliphatic hydroxyl groups excluding tert-OH is 1. The minimum atomic E-state index is -0.249. The number of carbonyl (C=O) groups is 2. The maximum atomic E-state index is 13.2. The van der Waals surface area contributed by atoms with Gasteiger partial charge in [-0.2, -0.15) is 0 Å². The highest BCUT2D eigenvalue weighted by atomic mass is 16.5. The third kappa shape index (κ3) is 4.77. The minimum Gasteiger partial charge on any atom is -0.511 e. The topological polar surface area (TPSA) is 92.8 Å². The number of aliphatic imine (C=N–C) groups is 1. The number of rotatable bonds is 4. The van der Waals surface area contributed by atoms with Gasteiger partial charge in [-0.3, -0.25) is 14.6 Å². The number of allylic oxidation sites excluding steroid dienone is 2. The summed E-state index contributed by atoms with van der Waals surface area (Å²) >= 11 is 0. The molecule has 3 aromatic rings. The molecular formula is C30H32N2O4. The molecule has 2 aromatic carbocycles. The van der Waals surface area contributed by atoms with Crippen LogP contribution in [0.25, 0.3) is 10.8 Å². The maximum Gasteiger partial charge on any atom is 0.168 e. The molecule has 1 saturated carbocycles. The Labute approximate surface area is 211 Å². The smallest absolute Gasteiger partial charge is 0.168 e. The van der Waals surface area contributed by atoms with Crippen molar-refractivity contribution in [2.45, 2.75) is 66.2 Å². The van der Waals surface area contributed by atoms with Crippen molar-refractivity contribution in [3.8, 4) is 0 Å². The lowest BCUT2D eigenvalue weighted by Gasteiger charge is -2.31. The number of nitrogens with zero attached hydrogens (tertiary/aromatic N) is 2. The van der Waals surface area contributed by atoms with Crippen molar-refractivity contribution in [1.82, 2.24) is 5.16 Å². The van der Waals surface area contributed by atoms with Crippen molar-refractivity contribution in [3.05, 3.63) is 70.8 Å². The van der Waals surface area contributed by atoms with E-state index in [4.69, 9.17) is 9.52 Å². The fraction of sp³-hybridized carbons (Fsp3) is 0.400. The number of ketones is 2. The summed E-state index contributed by atoms with van der Waals surface area (Å²) in [6.07, 6.45) is 2.53. The third-order valence-electron chi connectivity index (χ3n) is 7.13. The van der Waals surface area contributed by atoms with Crippen molar-refractivity contribution < 1.29 is 19.2 Å². The molecule has 6 nitrogen and oxygen atoms in total. The molecule has 0 spiro atoms. The summed E-state index contributed by atoms with van der Waals surface area (Å²) in [5.74, 6) is 0.532. The Bertz CT molecular complexity index is 1440. The number of hydrogen-bond donors (Lipinski definition) is 1. The molecule has 186 valence electrons. The van der Waals surface area contributed by atoms with E-state index < -0.39 is 0 Å². The largest absolute Gasteiger partial charge is 0.511 e. The lowest BCUT2D eigenvalue weighted by Crippen LogP contribution is -2.32. The van der Waals surface area contributed by atoms with Crippen LogP contribution in [0.4, 0.5) is 5.69 Å². The van der Waals surface area contributed by atoms with Gasteiger partial charge in [0.05, 0.1) is 28.2 Å². The highest BCUT2D eigenvalue weighted by molar-refractivity contribution is 6.25. The zero-order valence-corrected chi connectivity index (χ0v) is 21.4. The van der Waals surface area contributed by atoms with Crippen LogP contribution >= 0.6 is 0 Å². The molecule has 0 amide bonds. The van der Waals surface area contributed by atoms with Crippen LogP contribution < -0.4 is 0 Å². The summed E-state index contributed by atoms with van der Waals surface area (Å²) < 4.78 is 5.50. The van der Waals surface area contributed by atoms with E-state index in [0.29, 0.717) is 60.4 Å². The molecule has 1 heterocycles. The van der Waals surface area contributed by atoms with E-state index in [1.54, 1.807) is 0 Å². The number of aromatic nitrogens is 1. The molecular weight excluding hydrogens is 452 g/mol. The zero-order valence-electron chi connectivity index (χ0n) is 21.4. The van der Waals surface area contributed by atoms with Crippen LogP contribution in [0.15, 0.2) is 63.3 Å². The number of hydrogen-bond acceptors (Lipinski definition) is 6. The highest BCUT2D eigenvalue weighted by Gasteiger charge is 2.38. The summed E-state index contributed by atoms with van der Waals surface area (Å²) in [6.45, 7) is 8.17. The molecule has 0 unspecified atom stereocenters. The third-order valence-corrected chi connectivity index (χ3v) is 7.13. The predicted molar refractivity (Wildman–Crippen MR) is 140 cm³/mol. The van der Waals surface area contributed by atoms with Crippen LogP contribution in [0.3, 0.4) is 0 Å². The Morgan fingerprint density at radius 1 is 0.944 bits per heavy atom. The molecule has 36 heavy (non-hydrogen) atoms. The quantitative estimate of drug-likeness (QED) is 0.321. The van der Waals surface area contributed by atoms with Gasteiger partial charge >= 0.3 is 0 Å². The fourth-order valence-electron chi connectivity index (χ4n) is 5.47. The van der Waals surface area contributed by atoms with Crippen LogP contribution in [0.2, 0.25) is 0 Å². The molecule has 1 N–H and O–H groups in total. The second-order valence-electron chi connectivity index (χ2n) is 11.7. The summed E-state index contributed by atoms with van der Waals surface area (Å²) in [5.41, 5.74) is 2.35. The summed E-state index contributed by atoms with van der Waals surface area (Å²) in [7, 11) is 0. The average molecular weight is 485 g/mol. The molecule has 0 saturated heterocycles. The molecule has 0 radical (unpaired) electrons. The van der Waals surface area contributed by atoms with E-state index in [-0.39, 0.29) is 34.6 Å². The maximum absolute atomic E-state index is 13.2. The zero-order chi connectivity index (χ0) is 25.7. The van der Waals surface area contributed by atoms with Crippen LogP contribution in [-0.4, -0.2) is 27.5 Å². The van der Waals surface area contributed by atoms with E-state index >= 15 is 0 Å². The number of fused-ring (bicyclic) bond motifs is 2. The molecule has 2 aliphatic carbocycles. The summed E-state index contributed by atoms with van der Waals surface area (Å²) in [5, 5.41) is 17.5. The van der Waals surface area contributed by atoms with Gasteiger partial charge < -0.3 is 9.63 Å². The summed E-state index contributed by atoms with van der Waals surface area (Å²) in [4.78, 5) is 30.8. The van der Waals surface area contributed by atoms with Gasteiger partial charge in [-0.15, -0.1) is 0 Å². The van der Waals surface area contributed by atoms with Gasteiger partial charge in [-0.1, -0.05) is 63.2 Å². The molecule has 5 rings (SSSR count). The predicted octanol–water partition coefficient (Wildman–Crippen LogP) is 6.89. The first-order valence-electron chi connectivity index (χ1n) is 12.5. The van der Waals surface area contributed by atoms with Crippen molar-refractivity contribution in [2.75, 3.05) is 0 Å². The van der Waals surface area contributed by atoms with Gasteiger partial charge in [0.15, 0.2) is 11.6 Å². The molecule has 0 atom stereocenters. The van der Waals surface area contributed by atoms with Gasteiger partial charge in [0.25, 0.3) is 0 Å². The average Bonchev–Trinajstić information content (AvgIpc) is 3.18. The fourth-order valence-corrected chi connectivity index (χ4v) is 5.47. The van der Waals surface area contributed by atoms with Gasteiger partial charge in [-0.25, -0.2) is 0 Å². The second-order valence-corrected chi connectivity index (χ2v) is 11.7. The van der Waals surface area contributed by atoms with E-state index in [0.717, 1.165) is 16.5 Å². The monoisotopic (exact) mass is 484 g/mol. The van der Waals surface area contributed by atoms with Crippen molar-refractivity contribution in [1.29, 1.82) is 0 Å². The Morgan fingerprint density at radius 2 is 1.64 bits per heavy atom. The Hall–Kier alpha value is -3.54. The van der Waals surface area contributed by atoms with Crippen LogP contribution in [0.1, 0.15) is 75.2 Å². The lowest BCUT2D eigenvalue weighted by molar-refractivity contribution is -0.117. The first-order chi connectivity index (χ1) is 17.0. The highest BCUT2D eigenvalue weighted by Crippen LogP contribution is 2.38. The van der Waals surface area contributed by atoms with Crippen LogP contribution in [0.5, 0.6) is 0 Å². The van der Waals surface area contributed by atoms with E-state index in [2.05, 4.69) is 5.16 Å². The van der Waals surface area contributed by atoms with Gasteiger partial charge in [-0.05, 0) is 40.2 Å². The molecule has 6 heteroatoms. The number of carbonyl (C=O) groups excluding carboxylic acids is 2. The van der Waals surface area contributed by atoms with Crippen LogP contribution in [0, 0.1) is 10.8 Å². The molecule has 1 fully saturated rings. The number of Topliss-reactive ketones (excluding diaryl/α,β-unsaturated/α-hetero) is 2. The van der Waals surface area contributed by atoms with Crippen molar-refractivity contribution >= 4 is 33.7 Å². The van der Waals surface area contributed by atoms with Gasteiger partial charge in [0.1, 0.15) is 11.5 Å². The van der Waals surface area contributed by atoms with Gasteiger partial charge in [0, 0.05) is 32.1 Å². The van der Waals surface area contributed by atoms with E-state index in [1.807, 2.05) is 70.2 Å². The first-order valence-corrected chi connectivity index (χ1v) is 12.5. The lowest BCUT2D eigenvalue weighted by atomic mass is 9.73. The van der Waals surface area contributed by atoms with Crippen molar-refractivity contribution in [2.24, 2.45) is 15.8 Å². The van der Waals surface area contributed by atoms with E-state index in [1.165, 1.54) is 0 Å². The minimum absolute atomic E-state index is 0.00428. The van der Waals surface area contributed by atoms with Crippen LogP contribution in [-0.2, 0) is 17.6 Å². The SMILES string of the molecule is CC1(C)CC(=O)C(=C(O)CCc2noc3c2C(=O)CC(C)(C)C3)C(=Nc2ccc3ccccc3c2)C1. The number of aryl methyl sites for hydroxylation is 1. The number of aliphatic hydroxyl groups is 1. The molecule has 0 aliphatic heterocycles. The Balaban J connectivity index is 1.46. The standard InChI is InChI=1S/C30H32N2O4/c1-29(2)14-22(31-20-10-9-18-7-5-6-8-19(18)13-20)27(24(34)15-29)23(33)12-11-21-28-25(35)16-30(3,4)17-26(28)36-32-21/h5-10,13,33H,11-12,14-17H2,1-4H3. The first kappa shape index (κ1) is 24.2. The molecule has 1 aromatic heterocycles. The second kappa shape index (κ2) is 8.84. The Kier molecular flexibility index (Phi) is 5.93. The van der Waals surface area contributed by atoms with E-state index in [9.17, 15) is 14.7 Å².